The van der Waals surface area contributed by atoms with E-state index in [1.807, 2.05) is 43.3 Å². The van der Waals surface area contributed by atoms with Crippen LogP contribution in [0.2, 0.25) is 0 Å². The van der Waals surface area contributed by atoms with Crippen molar-refractivity contribution in [2.75, 3.05) is 11.9 Å². The number of hydrogen-bond donors (Lipinski definition) is 2. The molecule has 0 saturated carbocycles. The van der Waals surface area contributed by atoms with E-state index in [0.717, 1.165) is 30.5 Å². The smallest absolute Gasteiger partial charge is 0.251 e. The van der Waals surface area contributed by atoms with Gasteiger partial charge in [-0.3, -0.25) is 9.59 Å². The number of aryl methyl sites for hydroxylation is 2. The van der Waals surface area contributed by atoms with Gasteiger partial charge in [-0.1, -0.05) is 37.6 Å². The van der Waals surface area contributed by atoms with Gasteiger partial charge in [-0.05, 0) is 55.2 Å². The summed E-state index contributed by atoms with van der Waals surface area (Å²) in [5.74, 6) is -0.482. The van der Waals surface area contributed by atoms with Crippen molar-refractivity contribution in [2.24, 2.45) is 0 Å². The zero-order chi connectivity index (χ0) is 17.4. The Bertz CT molecular complexity index is 693. The van der Waals surface area contributed by atoms with Crippen LogP contribution in [0.3, 0.4) is 0 Å². The van der Waals surface area contributed by atoms with Gasteiger partial charge in [0.05, 0.1) is 6.54 Å². The summed E-state index contributed by atoms with van der Waals surface area (Å²) in [6.45, 7) is 4.07. The molecule has 0 aliphatic heterocycles. The summed E-state index contributed by atoms with van der Waals surface area (Å²) in [5, 5.41) is 5.41. The molecule has 0 unspecified atom stereocenters. The van der Waals surface area contributed by atoms with E-state index >= 15 is 0 Å². The van der Waals surface area contributed by atoms with E-state index in [4.69, 9.17) is 0 Å². The molecule has 0 saturated heterocycles. The molecule has 0 atom stereocenters. The molecule has 0 aromatic heterocycles. The van der Waals surface area contributed by atoms with Gasteiger partial charge in [0, 0.05) is 11.3 Å². The molecule has 0 aliphatic rings. The van der Waals surface area contributed by atoms with Crippen LogP contribution in [-0.2, 0) is 11.2 Å². The third kappa shape index (κ3) is 5.54. The zero-order valence-corrected chi connectivity index (χ0v) is 14.3. The van der Waals surface area contributed by atoms with Gasteiger partial charge in [-0.15, -0.1) is 0 Å². The van der Waals surface area contributed by atoms with Crippen molar-refractivity contribution in [3.8, 4) is 0 Å². The molecule has 2 aromatic carbocycles. The summed E-state index contributed by atoms with van der Waals surface area (Å²) in [6.07, 6.45) is 3.32. The first kappa shape index (κ1) is 17.7. The Kier molecular flexibility index (Phi) is 6.55. The van der Waals surface area contributed by atoms with Crippen molar-refractivity contribution >= 4 is 17.5 Å². The van der Waals surface area contributed by atoms with Crippen molar-refractivity contribution in [2.45, 2.75) is 33.1 Å². The first-order chi connectivity index (χ1) is 11.6. The van der Waals surface area contributed by atoms with Gasteiger partial charge in [0.1, 0.15) is 0 Å². The molecular weight excluding hydrogens is 300 g/mol. The number of carbonyl (C=O) groups is 2. The highest BCUT2D eigenvalue weighted by Gasteiger charge is 2.08. The molecule has 2 aromatic rings. The van der Waals surface area contributed by atoms with Gasteiger partial charge in [0.15, 0.2) is 0 Å². The highest BCUT2D eigenvalue weighted by Crippen LogP contribution is 2.09. The minimum Gasteiger partial charge on any atom is -0.343 e. The van der Waals surface area contributed by atoms with E-state index in [-0.39, 0.29) is 18.4 Å². The van der Waals surface area contributed by atoms with Crippen molar-refractivity contribution in [3.05, 3.63) is 65.2 Å². The Morgan fingerprint density at radius 1 is 1.04 bits per heavy atom. The maximum Gasteiger partial charge on any atom is 0.251 e. The van der Waals surface area contributed by atoms with Crippen LogP contribution in [0, 0.1) is 6.92 Å². The molecule has 2 amide bonds. The Morgan fingerprint density at radius 3 is 2.46 bits per heavy atom. The predicted octanol–water partition coefficient (Wildman–Crippen LogP) is 3.71. The number of carbonyl (C=O) groups excluding carboxylic acids is 2. The Balaban J connectivity index is 1.82. The lowest BCUT2D eigenvalue weighted by Gasteiger charge is -2.08. The van der Waals surface area contributed by atoms with Crippen LogP contribution in [-0.4, -0.2) is 18.4 Å². The van der Waals surface area contributed by atoms with E-state index in [1.54, 1.807) is 12.1 Å². The zero-order valence-electron chi connectivity index (χ0n) is 14.3. The normalized spacial score (nSPS) is 10.2. The van der Waals surface area contributed by atoms with E-state index < -0.39 is 0 Å². The maximum absolute atomic E-state index is 12.1. The molecule has 0 fully saturated rings. The average Bonchev–Trinajstić information content (AvgIpc) is 2.58. The number of amides is 2. The lowest BCUT2D eigenvalue weighted by Crippen LogP contribution is -2.32. The van der Waals surface area contributed by atoms with E-state index in [2.05, 4.69) is 17.6 Å². The van der Waals surface area contributed by atoms with Gasteiger partial charge >= 0.3 is 0 Å². The lowest BCUT2D eigenvalue weighted by molar-refractivity contribution is -0.115. The highest BCUT2D eigenvalue weighted by atomic mass is 16.2. The summed E-state index contributed by atoms with van der Waals surface area (Å²) >= 11 is 0. The summed E-state index contributed by atoms with van der Waals surface area (Å²) in [7, 11) is 0. The summed E-state index contributed by atoms with van der Waals surface area (Å²) in [4.78, 5) is 24.0. The van der Waals surface area contributed by atoms with Gasteiger partial charge in [-0.25, -0.2) is 0 Å². The average molecular weight is 324 g/mol. The maximum atomic E-state index is 12.1. The number of rotatable bonds is 7. The third-order valence-electron chi connectivity index (χ3n) is 3.75. The number of unbranched alkanes of at least 4 members (excludes halogenated alkanes) is 1. The summed E-state index contributed by atoms with van der Waals surface area (Å²) < 4.78 is 0. The number of nitrogens with one attached hydrogen (secondary N) is 2. The molecular formula is C20H24N2O2. The molecule has 0 bridgehead atoms. The van der Waals surface area contributed by atoms with Crippen LogP contribution in [0.4, 0.5) is 5.69 Å². The van der Waals surface area contributed by atoms with Crippen LogP contribution in [0.1, 0.15) is 41.3 Å². The Labute approximate surface area is 143 Å². The van der Waals surface area contributed by atoms with E-state index in [9.17, 15) is 9.59 Å². The molecule has 0 radical (unpaired) electrons. The topological polar surface area (TPSA) is 58.2 Å². The van der Waals surface area contributed by atoms with Gasteiger partial charge in [0.2, 0.25) is 5.91 Å². The van der Waals surface area contributed by atoms with Gasteiger partial charge in [-0.2, -0.15) is 0 Å². The van der Waals surface area contributed by atoms with Crippen LogP contribution in [0.15, 0.2) is 48.5 Å². The fourth-order valence-corrected chi connectivity index (χ4v) is 2.39. The largest absolute Gasteiger partial charge is 0.343 e. The molecule has 0 spiro atoms. The molecule has 2 rings (SSSR count). The molecule has 4 heteroatoms. The second-order valence-corrected chi connectivity index (χ2v) is 5.90. The molecule has 4 nitrogen and oxygen atoms in total. The minimum atomic E-state index is -0.242. The number of benzene rings is 2. The van der Waals surface area contributed by atoms with Crippen molar-refractivity contribution < 1.29 is 9.59 Å². The third-order valence-corrected chi connectivity index (χ3v) is 3.75. The highest BCUT2D eigenvalue weighted by molar-refractivity contribution is 5.99. The molecule has 126 valence electrons. The van der Waals surface area contributed by atoms with Crippen LogP contribution in [0.25, 0.3) is 0 Å². The van der Waals surface area contributed by atoms with E-state index in [0.29, 0.717) is 5.56 Å². The monoisotopic (exact) mass is 324 g/mol. The Hall–Kier alpha value is -2.62. The molecule has 2 N–H and O–H groups in total. The molecule has 0 heterocycles. The predicted molar refractivity (Wildman–Crippen MR) is 97.2 cm³/mol. The van der Waals surface area contributed by atoms with Gasteiger partial charge < -0.3 is 10.6 Å². The lowest BCUT2D eigenvalue weighted by atomic mass is 10.1. The SMILES string of the molecule is CCCCc1ccc(C(=O)NCC(=O)Nc2cccc(C)c2)cc1. The second-order valence-electron chi connectivity index (χ2n) is 5.90. The van der Waals surface area contributed by atoms with Crippen LogP contribution < -0.4 is 10.6 Å². The first-order valence-corrected chi connectivity index (χ1v) is 8.32. The molecule has 0 aliphatic carbocycles. The van der Waals surface area contributed by atoms with Gasteiger partial charge in [0.25, 0.3) is 5.91 Å². The van der Waals surface area contributed by atoms with Crippen molar-refractivity contribution in [1.82, 2.24) is 5.32 Å². The summed E-state index contributed by atoms with van der Waals surface area (Å²) in [6, 6.07) is 15.1. The quantitative estimate of drug-likeness (QED) is 0.816. The standard InChI is InChI=1S/C20H24N2O2/c1-3-4-7-16-9-11-17(12-10-16)20(24)21-14-19(23)22-18-8-5-6-15(2)13-18/h5-6,8-13H,3-4,7,14H2,1-2H3,(H,21,24)(H,22,23). The Morgan fingerprint density at radius 2 is 1.79 bits per heavy atom. The number of anilines is 1. The van der Waals surface area contributed by atoms with Crippen molar-refractivity contribution in [3.63, 3.8) is 0 Å². The summed E-state index contributed by atoms with van der Waals surface area (Å²) in [5.41, 5.74) is 3.60. The van der Waals surface area contributed by atoms with Crippen LogP contribution in [0.5, 0.6) is 0 Å². The molecule has 24 heavy (non-hydrogen) atoms. The van der Waals surface area contributed by atoms with E-state index in [1.165, 1.54) is 5.56 Å². The minimum absolute atomic E-state index is 0.0512. The second kappa shape index (κ2) is 8.87. The van der Waals surface area contributed by atoms with Crippen molar-refractivity contribution in [1.29, 1.82) is 0 Å². The van der Waals surface area contributed by atoms with Crippen LogP contribution >= 0.6 is 0 Å². The fourth-order valence-electron chi connectivity index (χ4n) is 2.39. The first-order valence-electron chi connectivity index (χ1n) is 8.32. The fraction of sp³-hybridized carbons (Fsp3) is 0.300. The number of hydrogen-bond acceptors (Lipinski definition) is 2.